The third-order valence-corrected chi connectivity index (χ3v) is 12.0. The predicted octanol–water partition coefficient (Wildman–Crippen LogP) is 3.54. The Morgan fingerprint density at radius 3 is 1.20 bits per heavy atom. The van der Waals surface area contributed by atoms with Crippen molar-refractivity contribution in [2.75, 3.05) is 101 Å². The topological polar surface area (TPSA) is 284 Å². The average Bonchev–Trinajstić information content (AvgIpc) is 3.79. The van der Waals surface area contributed by atoms with Gasteiger partial charge in [-0.05, 0) is 149 Å². The molecular weight excluding hydrogens is 878 g/mol. The Morgan fingerprint density at radius 2 is 0.934 bits per heavy atom. The number of halogens is 1. The summed E-state index contributed by atoms with van der Waals surface area (Å²) < 4.78 is 78.7. The lowest BCUT2D eigenvalue weighted by Crippen LogP contribution is -2.27. The molecule has 1 aliphatic heterocycles. The average molecular weight is 941 g/mol. The first-order chi connectivity index (χ1) is 28.4. The van der Waals surface area contributed by atoms with E-state index in [1.165, 1.54) is 49.2 Å². The van der Waals surface area contributed by atoms with Crippen molar-refractivity contribution in [2.45, 2.75) is 46.8 Å². The van der Waals surface area contributed by atoms with Gasteiger partial charge >= 0.3 is 0 Å². The summed E-state index contributed by atoms with van der Waals surface area (Å²) >= 11 is 0. The zero-order valence-electron chi connectivity index (χ0n) is 35.6. The number of nitro benzene ring substituents is 2. The van der Waals surface area contributed by atoms with Crippen LogP contribution in [0.4, 0.5) is 17.1 Å². The Morgan fingerprint density at radius 1 is 0.607 bits per heavy atom. The lowest BCUT2D eigenvalue weighted by Gasteiger charge is -2.10. The summed E-state index contributed by atoms with van der Waals surface area (Å²) in [5.41, 5.74) is 11.0. The van der Waals surface area contributed by atoms with Gasteiger partial charge in [0, 0.05) is 66.9 Å². The molecule has 3 aromatic carbocycles. The molecule has 1 saturated heterocycles. The van der Waals surface area contributed by atoms with Crippen molar-refractivity contribution in [1.29, 1.82) is 0 Å². The summed E-state index contributed by atoms with van der Waals surface area (Å²) in [5.74, 6) is 0. The fourth-order valence-electron chi connectivity index (χ4n) is 4.41. The lowest BCUT2D eigenvalue weighted by atomic mass is 10.3. The van der Waals surface area contributed by atoms with Gasteiger partial charge in [0.1, 0.15) is 0 Å². The van der Waals surface area contributed by atoms with Crippen LogP contribution in [0.5, 0.6) is 0 Å². The van der Waals surface area contributed by atoms with E-state index in [0.717, 1.165) is 76.5 Å². The largest absolute Gasteiger partial charge is 0.399 e. The number of hydrogen-bond acceptors (Lipinski definition) is 16. The summed E-state index contributed by atoms with van der Waals surface area (Å²) in [6.07, 6.45) is 5.13. The van der Waals surface area contributed by atoms with Gasteiger partial charge < -0.3 is 30.9 Å². The van der Waals surface area contributed by atoms with Gasteiger partial charge in [-0.3, -0.25) is 20.2 Å². The first kappa shape index (κ1) is 57.1. The van der Waals surface area contributed by atoms with E-state index in [-0.39, 0.29) is 26.1 Å². The number of nitrogens with one attached hydrogen (secondary N) is 2. The Kier molecular flexibility index (Phi) is 28.3. The first-order valence-electron chi connectivity index (χ1n) is 18.9. The van der Waals surface area contributed by atoms with E-state index in [4.69, 9.17) is 26.9 Å². The summed E-state index contributed by atoms with van der Waals surface area (Å²) in [6.45, 7) is 6.31. The molecule has 0 aromatic heterocycles. The van der Waals surface area contributed by atoms with E-state index < -0.39 is 38.9 Å². The number of nitrogen functional groups attached to an aromatic ring is 1. The highest BCUT2D eigenvalue weighted by molar-refractivity contribution is 8.13. The van der Waals surface area contributed by atoms with Crippen molar-refractivity contribution in [3.63, 3.8) is 0 Å². The number of benzene rings is 3. The van der Waals surface area contributed by atoms with Crippen molar-refractivity contribution in [3.05, 3.63) is 93.0 Å². The van der Waals surface area contributed by atoms with Gasteiger partial charge in [-0.1, -0.05) is 0 Å². The number of rotatable bonds is 18. The van der Waals surface area contributed by atoms with Gasteiger partial charge in [0.15, 0.2) is 0 Å². The minimum absolute atomic E-state index is 0.0305. The minimum atomic E-state index is -3.80. The van der Waals surface area contributed by atoms with Crippen molar-refractivity contribution >= 4 is 56.8 Å². The fourth-order valence-corrected chi connectivity index (χ4v) is 7.33. The monoisotopic (exact) mass is 939 g/mol. The second-order valence-electron chi connectivity index (χ2n) is 13.9. The van der Waals surface area contributed by atoms with Crippen molar-refractivity contribution in [1.82, 2.24) is 24.1 Å². The second-order valence-corrected chi connectivity index (χ2v) is 20.0. The number of hydrogen-bond donors (Lipinski definition) is 4. The highest BCUT2D eigenvalue weighted by Crippen LogP contribution is 2.19. The maximum absolute atomic E-state index is 11.9. The van der Waals surface area contributed by atoms with Crippen LogP contribution in [-0.2, 0) is 33.8 Å². The second kappa shape index (κ2) is 30.2. The van der Waals surface area contributed by atoms with Crippen LogP contribution in [0.2, 0.25) is 0 Å². The summed E-state index contributed by atoms with van der Waals surface area (Å²) in [7, 11) is 6.03. The molecule has 0 atom stereocenters. The van der Waals surface area contributed by atoms with Crippen LogP contribution in [0.1, 0.15) is 32.1 Å². The number of anilines is 1. The molecule has 24 heteroatoms. The maximum atomic E-state index is 11.9. The molecule has 0 saturated carbocycles. The summed E-state index contributed by atoms with van der Waals surface area (Å²) in [4.78, 5) is 25.7. The van der Waals surface area contributed by atoms with Crippen molar-refractivity contribution in [2.24, 2.45) is 5.73 Å². The van der Waals surface area contributed by atoms with Crippen LogP contribution in [0.25, 0.3) is 0 Å². The normalized spacial score (nSPS) is 12.5. The molecule has 3 aromatic rings. The van der Waals surface area contributed by atoms with E-state index in [1.807, 2.05) is 38.0 Å². The minimum Gasteiger partial charge on any atom is -0.399 e. The zero-order valence-corrected chi connectivity index (χ0v) is 38.8. The highest BCUT2D eigenvalue weighted by Gasteiger charge is 2.16. The van der Waals surface area contributed by atoms with Crippen LogP contribution >= 0.6 is 10.7 Å². The third kappa shape index (κ3) is 27.6. The smallest absolute Gasteiger partial charge is 0.269 e. The molecule has 0 bridgehead atoms. The fraction of sp³-hybridized carbons (Fsp3) is 0.514. The van der Waals surface area contributed by atoms with Gasteiger partial charge in [0.05, 0.1) is 24.5 Å². The maximum Gasteiger partial charge on any atom is 0.269 e. The van der Waals surface area contributed by atoms with E-state index in [2.05, 4.69) is 28.4 Å². The molecule has 346 valence electrons. The SMILES string of the molecule is C1CCOC1.CN(C)CCCN.CN(C)CCCNS(=O)(=O)c1ccc(N)cc1.CN(C)CCCNS(=O)(=O)c1ccc([N+](=O)[O-])cc1.O=[N+]([O-])c1ccc(S(=O)(=O)Cl)cc1. The van der Waals surface area contributed by atoms with Crippen LogP contribution < -0.4 is 20.9 Å². The van der Waals surface area contributed by atoms with Gasteiger partial charge in [0.25, 0.3) is 20.4 Å². The van der Waals surface area contributed by atoms with E-state index in [0.29, 0.717) is 25.2 Å². The number of ether oxygens (including phenoxy) is 1. The van der Waals surface area contributed by atoms with Gasteiger partial charge in [-0.25, -0.2) is 34.7 Å². The van der Waals surface area contributed by atoms with Gasteiger partial charge in [-0.2, -0.15) is 0 Å². The Hall–Kier alpha value is -3.88. The van der Waals surface area contributed by atoms with Crippen molar-refractivity contribution in [3.8, 4) is 0 Å². The Balaban J connectivity index is 0.000000786. The zero-order chi connectivity index (χ0) is 46.6. The van der Waals surface area contributed by atoms with Crippen LogP contribution in [0.15, 0.2) is 87.5 Å². The Bertz CT molecular complexity index is 2010. The van der Waals surface area contributed by atoms with Gasteiger partial charge in [0.2, 0.25) is 20.0 Å². The Labute approximate surface area is 365 Å². The standard InChI is InChI=1S/C11H17N3O4S.C11H19N3O2S.C6H4ClNO4S.C5H14N2.C4H8O/c1-13(2)9-3-8-12-19(17,18)11-6-4-10(5-7-11)14(15)16;1-14(2)9-3-8-13-17(15,16)11-6-4-10(12)5-7-11;7-13(11,12)6-3-1-5(2-4-6)8(9)10;1-7(2)5-3-4-6;1-2-4-5-3-1/h4-7,12H,3,8-9H2,1-2H3;4-7,13H,3,8-9,12H2,1-2H3;1-4H;3-6H2,1-2H3;1-4H2. The summed E-state index contributed by atoms with van der Waals surface area (Å²) in [6, 6.07) is 15.3. The van der Waals surface area contributed by atoms with E-state index >= 15 is 0 Å². The molecule has 61 heavy (non-hydrogen) atoms. The molecule has 0 radical (unpaired) electrons. The quantitative estimate of drug-likeness (QED) is 0.0466. The number of nitro groups is 2. The first-order valence-corrected chi connectivity index (χ1v) is 24.2. The molecule has 6 N–H and O–H groups in total. The number of sulfonamides is 2. The van der Waals surface area contributed by atoms with Gasteiger partial charge in [-0.15, -0.1) is 0 Å². The molecule has 4 rings (SSSR count). The molecule has 20 nitrogen and oxygen atoms in total. The lowest BCUT2D eigenvalue weighted by molar-refractivity contribution is -0.385. The third-order valence-electron chi connectivity index (χ3n) is 7.66. The molecular formula is C37H62ClN9O11S3. The molecule has 0 amide bonds. The molecule has 0 spiro atoms. The highest BCUT2D eigenvalue weighted by atomic mass is 35.7. The molecule has 0 unspecified atom stereocenters. The van der Waals surface area contributed by atoms with Crippen LogP contribution in [-0.4, -0.2) is 145 Å². The van der Waals surface area contributed by atoms with Crippen LogP contribution in [0.3, 0.4) is 0 Å². The molecule has 1 aliphatic rings. The van der Waals surface area contributed by atoms with Crippen molar-refractivity contribution < 1.29 is 39.8 Å². The van der Waals surface area contributed by atoms with Crippen LogP contribution in [0, 0.1) is 20.2 Å². The molecule has 0 aliphatic carbocycles. The number of nitrogens with two attached hydrogens (primary N) is 2. The van der Waals surface area contributed by atoms with E-state index in [1.54, 1.807) is 12.1 Å². The molecule has 1 fully saturated rings. The number of non-ortho nitro benzene ring substituents is 2. The predicted molar refractivity (Wildman–Crippen MR) is 239 cm³/mol. The summed E-state index contributed by atoms with van der Waals surface area (Å²) in [5, 5.41) is 20.7. The number of nitrogens with zero attached hydrogens (tertiary/aromatic N) is 5. The molecule has 1 heterocycles. The van der Waals surface area contributed by atoms with E-state index in [9.17, 15) is 45.5 Å².